The van der Waals surface area contributed by atoms with E-state index in [1.54, 1.807) is 30.3 Å². The van der Waals surface area contributed by atoms with E-state index in [0.29, 0.717) is 5.69 Å². The lowest BCUT2D eigenvalue weighted by Crippen LogP contribution is -2.12. The van der Waals surface area contributed by atoms with Crippen molar-refractivity contribution in [2.24, 2.45) is 4.99 Å². The highest BCUT2D eigenvalue weighted by atomic mass is 19.1. The van der Waals surface area contributed by atoms with Gasteiger partial charge in [-0.05, 0) is 64.2 Å². The van der Waals surface area contributed by atoms with Crippen LogP contribution in [-0.2, 0) is 11.2 Å². The molecule has 0 unspecified atom stereocenters. The second-order valence-electron chi connectivity index (χ2n) is 6.08. The maximum Gasteiger partial charge on any atom is 0.350 e. The van der Waals surface area contributed by atoms with Crippen molar-refractivity contribution in [3.05, 3.63) is 77.9 Å². The van der Waals surface area contributed by atoms with E-state index in [1.807, 2.05) is 6.07 Å². The third kappa shape index (κ3) is 2.88. The first-order chi connectivity index (χ1) is 12.5. The second kappa shape index (κ2) is 6.19. The number of carboxylic acids is 1. The molecule has 3 aromatic carbocycles. The van der Waals surface area contributed by atoms with Gasteiger partial charge in [-0.1, -0.05) is 24.3 Å². The molecule has 3 aromatic rings. The molecule has 1 N–H and O–H groups in total. The number of fused-ring (bicyclic) bond motifs is 1. The molecule has 128 valence electrons. The fourth-order valence-corrected chi connectivity index (χ4v) is 3.11. The number of halogens is 2. The minimum absolute atomic E-state index is 0.0691. The number of nitrogens with zero attached hydrogens (tertiary/aromatic N) is 1. The fraction of sp³-hybridized carbons (Fsp3) is 0.0476. The van der Waals surface area contributed by atoms with Crippen molar-refractivity contribution in [1.82, 2.24) is 0 Å². The average Bonchev–Trinajstić information content (AvgIpc) is 3.07. The van der Waals surface area contributed by atoms with Crippen molar-refractivity contribution in [3.8, 4) is 22.3 Å². The molecular formula is C21H13F2NO2. The molecule has 4 rings (SSSR count). The number of hydrogen-bond acceptors (Lipinski definition) is 2. The van der Waals surface area contributed by atoms with E-state index < -0.39 is 5.97 Å². The van der Waals surface area contributed by atoms with Gasteiger partial charge in [0.25, 0.3) is 0 Å². The van der Waals surface area contributed by atoms with Crippen LogP contribution < -0.4 is 0 Å². The van der Waals surface area contributed by atoms with Crippen LogP contribution in [0.15, 0.2) is 65.7 Å². The van der Waals surface area contributed by atoms with E-state index in [9.17, 15) is 18.7 Å². The third-order valence-electron chi connectivity index (χ3n) is 4.41. The Labute approximate surface area is 148 Å². The van der Waals surface area contributed by atoms with Crippen molar-refractivity contribution in [2.45, 2.75) is 6.42 Å². The van der Waals surface area contributed by atoms with Gasteiger partial charge in [-0.15, -0.1) is 0 Å². The molecule has 0 amide bonds. The van der Waals surface area contributed by atoms with Gasteiger partial charge >= 0.3 is 5.97 Å². The zero-order valence-corrected chi connectivity index (χ0v) is 13.5. The Bertz CT molecular complexity index is 1040. The van der Waals surface area contributed by atoms with Crippen LogP contribution in [0.2, 0.25) is 0 Å². The SMILES string of the molecule is O=C(O)C1=Nc2cc(-c3ccc(F)cc3)cc(-c3ccc(F)cc3)c2C1. The van der Waals surface area contributed by atoms with E-state index >= 15 is 0 Å². The summed E-state index contributed by atoms with van der Waals surface area (Å²) < 4.78 is 26.5. The predicted octanol–water partition coefficient (Wildman–Crippen LogP) is 5.01. The summed E-state index contributed by atoms with van der Waals surface area (Å²) in [6.45, 7) is 0. The highest BCUT2D eigenvalue weighted by Gasteiger charge is 2.24. The lowest BCUT2D eigenvalue weighted by molar-refractivity contribution is -0.129. The molecule has 0 aromatic heterocycles. The summed E-state index contributed by atoms with van der Waals surface area (Å²) in [5.74, 6) is -1.74. The first-order valence-electron chi connectivity index (χ1n) is 8.01. The number of aliphatic imine (C=N–C) groups is 1. The summed E-state index contributed by atoms with van der Waals surface area (Å²) in [6, 6.07) is 15.8. The monoisotopic (exact) mass is 349 g/mol. The smallest absolute Gasteiger partial charge is 0.350 e. The second-order valence-corrected chi connectivity index (χ2v) is 6.08. The topological polar surface area (TPSA) is 49.7 Å². The molecule has 0 saturated carbocycles. The first-order valence-corrected chi connectivity index (χ1v) is 8.01. The van der Waals surface area contributed by atoms with Crippen molar-refractivity contribution in [2.75, 3.05) is 0 Å². The Hall–Kier alpha value is -3.34. The maximum absolute atomic E-state index is 13.3. The molecule has 0 fully saturated rings. The average molecular weight is 349 g/mol. The van der Waals surface area contributed by atoms with Gasteiger partial charge in [-0.25, -0.2) is 18.6 Å². The molecule has 0 saturated heterocycles. The third-order valence-corrected chi connectivity index (χ3v) is 4.41. The van der Waals surface area contributed by atoms with Crippen LogP contribution in [0.3, 0.4) is 0 Å². The summed E-state index contributed by atoms with van der Waals surface area (Å²) >= 11 is 0. The first kappa shape index (κ1) is 16.1. The molecule has 1 aliphatic heterocycles. The molecule has 0 spiro atoms. The van der Waals surface area contributed by atoms with Gasteiger partial charge in [0, 0.05) is 6.42 Å². The standard InChI is InChI=1S/C21H13F2NO2/c22-15-5-1-12(2-6-15)14-9-17(13-3-7-16(23)8-4-13)18-11-20(21(25)26)24-19(18)10-14/h1-10H,11H2,(H,25,26). The lowest BCUT2D eigenvalue weighted by Gasteiger charge is -2.12. The maximum atomic E-state index is 13.3. The van der Waals surface area contributed by atoms with Gasteiger partial charge in [0.1, 0.15) is 17.3 Å². The molecule has 0 aliphatic carbocycles. The van der Waals surface area contributed by atoms with Crippen LogP contribution >= 0.6 is 0 Å². The van der Waals surface area contributed by atoms with Gasteiger partial charge in [-0.2, -0.15) is 0 Å². The normalized spacial score (nSPS) is 12.6. The van der Waals surface area contributed by atoms with Crippen molar-refractivity contribution in [3.63, 3.8) is 0 Å². The molecule has 26 heavy (non-hydrogen) atoms. The van der Waals surface area contributed by atoms with E-state index in [4.69, 9.17) is 0 Å². The molecule has 1 aliphatic rings. The van der Waals surface area contributed by atoms with Gasteiger partial charge in [-0.3, -0.25) is 0 Å². The van der Waals surface area contributed by atoms with Crippen molar-refractivity contribution >= 4 is 17.4 Å². The van der Waals surface area contributed by atoms with Crippen LogP contribution in [0.5, 0.6) is 0 Å². The fourth-order valence-electron chi connectivity index (χ4n) is 3.11. The summed E-state index contributed by atoms with van der Waals surface area (Å²) in [4.78, 5) is 15.6. The summed E-state index contributed by atoms with van der Waals surface area (Å²) in [7, 11) is 0. The molecule has 0 atom stereocenters. The van der Waals surface area contributed by atoms with Gasteiger partial charge < -0.3 is 5.11 Å². The van der Waals surface area contributed by atoms with Crippen molar-refractivity contribution < 1.29 is 18.7 Å². The quantitative estimate of drug-likeness (QED) is 0.722. The Morgan fingerprint density at radius 3 is 2.00 bits per heavy atom. The number of carbonyl (C=O) groups is 1. The molecule has 1 heterocycles. The Morgan fingerprint density at radius 1 is 0.846 bits per heavy atom. The van der Waals surface area contributed by atoms with Crippen molar-refractivity contribution in [1.29, 1.82) is 0 Å². The van der Waals surface area contributed by atoms with Gasteiger partial charge in [0.15, 0.2) is 0 Å². The van der Waals surface area contributed by atoms with E-state index in [0.717, 1.165) is 27.8 Å². The van der Waals surface area contributed by atoms with Gasteiger partial charge in [0.2, 0.25) is 0 Å². The van der Waals surface area contributed by atoms with Crippen LogP contribution in [0.1, 0.15) is 5.56 Å². The largest absolute Gasteiger partial charge is 0.477 e. The minimum Gasteiger partial charge on any atom is -0.477 e. The number of rotatable bonds is 3. The Kier molecular flexibility index (Phi) is 3.84. The predicted molar refractivity (Wildman–Crippen MR) is 95.7 cm³/mol. The zero-order valence-electron chi connectivity index (χ0n) is 13.5. The minimum atomic E-state index is -1.06. The highest BCUT2D eigenvalue weighted by molar-refractivity contribution is 6.38. The molecule has 5 heteroatoms. The number of carboxylic acid groups (broad SMARTS) is 1. The summed E-state index contributed by atoms with van der Waals surface area (Å²) in [5.41, 5.74) is 4.58. The highest BCUT2D eigenvalue weighted by Crippen LogP contribution is 2.40. The summed E-state index contributed by atoms with van der Waals surface area (Å²) in [5, 5.41) is 9.28. The molecular weight excluding hydrogens is 336 g/mol. The van der Waals surface area contributed by atoms with Crippen LogP contribution in [0.25, 0.3) is 22.3 Å². The van der Waals surface area contributed by atoms with Crippen LogP contribution in [0, 0.1) is 11.6 Å². The van der Waals surface area contributed by atoms with Gasteiger partial charge in [0.05, 0.1) is 5.69 Å². The molecule has 0 radical (unpaired) electrons. The number of benzene rings is 3. The van der Waals surface area contributed by atoms with Crippen LogP contribution in [-0.4, -0.2) is 16.8 Å². The Morgan fingerprint density at radius 2 is 1.42 bits per heavy atom. The molecule has 3 nitrogen and oxygen atoms in total. The van der Waals surface area contributed by atoms with Crippen LogP contribution in [0.4, 0.5) is 14.5 Å². The number of hydrogen-bond donors (Lipinski definition) is 1. The lowest BCUT2D eigenvalue weighted by atomic mass is 9.92. The van der Waals surface area contributed by atoms with E-state index in [1.165, 1.54) is 24.3 Å². The van der Waals surface area contributed by atoms with E-state index in [-0.39, 0.29) is 23.8 Å². The molecule has 0 bridgehead atoms. The van der Waals surface area contributed by atoms with E-state index in [2.05, 4.69) is 4.99 Å². The zero-order chi connectivity index (χ0) is 18.3. The number of aliphatic carboxylic acids is 1. The Balaban J connectivity index is 1.90. The summed E-state index contributed by atoms with van der Waals surface area (Å²) in [6.07, 6.45) is 0.209.